The van der Waals surface area contributed by atoms with Gasteiger partial charge in [0.15, 0.2) is 11.6 Å². The zero-order valence-corrected chi connectivity index (χ0v) is 9.77. The van der Waals surface area contributed by atoms with Gasteiger partial charge >= 0.3 is 0 Å². The highest BCUT2D eigenvalue weighted by Crippen LogP contribution is 2.18. The summed E-state index contributed by atoms with van der Waals surface area (Å²) < 4.78 is 18.9. The minimum atomic E-state index is -0.338. The SMILES string of the molecule is Cl.NCCOc1ccc(I)cc1F. The Morgan fingerprint density at radius 2 is 2.15 bits per heavy atom. The molecule has 0 saturated carbocycles. The summed E-state index contributed by atoms with van der Waals surface area (Å²) >= 11 is 2.04. The molecule has 0 amide bonds. The first kappa shape index (κ1) is 12.9. The van der Waals surface area contributed by atoms with Crippen LogP contribution in [0.2, 0.25) is 0 Å². The molecule has 2 N–H and O–H groups in total. The van der Waals surface area contributed by atoms with Crippen LogP contribution in [0.15, 0.2) is 18.2 Å². The van der Waals surface area contributed by atoms with Crippen LogP contribution in [-0.2, 0) is 0 Å². The van der Waals surface area contributed by atoms with E-state index < -0.39 is 0 Å². The minimum Gasteiger partial charge on any atom is -0.489 e. The highest BCUT2D eigenvalue weighted by Gasteiger charge is 2.01. The predicted octanol–water partition coefficient (Wildman–Crippen LogP) is 2.19. The maximum atomic E-state index is 13.0. The zero-order chi connectivity index (χ0) is 8.97. The highest BCUT2D eigenvalue weighted by molar-refractivity contribution is 14.1. The number of rotatable bonds is 3. The molecule has 0 aromatic heterocycles. The molecule has 0 unspecified atom stereocenters. The molecule has 1 aromatic rings. The van der Waals surface area contributed by atoms with Crippen molar-refractivity contribution >= 4 is 35.0 Å². The first-order valence-corrected chi connectivity index (χ1v) is 4.60. The van der Waals surface area contributed by atoms with Gasteiger partial charge in [-0.25, -0.2) is 4.39 Å². The van der Waals surface area contributed by atoms with Gasteiger partial charge in [-0.05, 0) is 40.8 Å². The van der Waals surface area contributed by atoms with Crippen LogP contribution in [0.3, 0.4) is 0 Å². The molecule has 0 fully saturated rings. The second-order valence-corrected chi connectivity index (χ2v) is 3.46. The van der Waals surface area contributed by atoms with Gasteiger partial charge in [-0.15, -0.1) is 12.4 Å². The summed E-state index contributed by atoms with van der Waals surface area (Å²) in [6.07, 6.45) is 0. The van der Waals surface area contributed by atoms with Gasteiger partial charge in [0.05, 0.1) is 0 Å². The number of nitrogens with two attached hydrogens (primary N) is 1. The summed E-state index contributed by atoms with van der Waals surface area (Å²) in [4.78, 5) is 0. The van der Waals surface area contributed by atoms with Crippen LogP contribution >= 0.6 is 35.0 Å². The van der Waals surface area contributed by atoms with Gasteiger partial charge in [-0.2, -0.15) is 0 Å². The summed E-state index contributed by atoms with van der Waals surface area (Å²) in [5, 5.41) is 0. The summed E-state index contributed by atoms with van der Waals surface area (Å²) in [6.45, 7) is 0.739. The predicted molar refractivity (Wildman–Crippen MR) is 60.9 cm³/mol. The lowest BCUT2D eigenvalue weighted by molar-refractivity contribution is 0.311. The Balaban J connectivity index is 0.00000144. The van der Waals surface area contributed by atoms with Crippen LogP contribution in [0.1, 0.15) is 0 Å². The van der Waals surface area contributed by atoms with E-state index in [0.717, 1.165) is 3.57 Å². The van der Waals surface area contributed by atoms with Crippen molar-refractivity contribution in [3.8, 4) is 5.75 Å². The number of benzene rings is 1. The van der Waals surface area contributed by atoms with E-state index in [1.165, 1.54) is 6.07 Å². The lowest BCUT2D eigenvalue weighted by atomic mass is 10.3. The standard InChI is InChI=1S/C8H9FINO.ClH/c9-7-5-6(10)1-2-8(7)12-4-3-11;/h1-2,5H,3-4,11H2;1H. The van der Waals surface area contributed by atoms with Crippen molar-refractivity contribution in [2.45, 2.75) is 0 Å². The molecule has 5 heteroatoms. The van der Waals surface area contributed by atoms with Crippen LogP contribution in [-0.4, -0.2) is 13.2 Å². The lowest BCUT2D eigenvalue weighted by Crippen LogP contribution is -2.11. The average Bonchev–Trinajstić information content (AvgIpc) is 2.03. The van der Waals surface area contributed by atoms with Crippen molar-refractivity contribution in [2.75, 3.05) is 13.2 Å². The fourth-order valence-electron chi connectivity index (χ4n) is 0.761. The molecule has 0 bridgehead atoms. The molecule has 0 heterocycles. The minimum absolute atomic E-state index is 0. The smallest absolute Gasteiger partial charge is 0.166 e. The first-order chi connectivity index (χ1) is 5.74. The normalized spacial score (nSPS) is 9.15. The summed E-state index contributed by atoms with van der Waals surface area (Å²) in [5.74, 6) is -0.0729. The monoisotopic (exact) mass is 317 g/mol. The summed E-state index contributed by atoms with van der Waals surface area (Å²) in [7, 11) is 0. The third kappa shape index (κ3) is 4.10. The van der Waals surface area contributed by atoms with E-state index in [0.29, 0.717) is 13.2 Å². The molecular weight excluding hydrogens is 307 g/mol. The van der Waals surface area contributed by atoms with Gasteiger partial charge in [0.2, 0.25) is 0 Å². The molecular formula is C8H10ClFINO. The zero-order valence-electron chi connectivity index (χ0n) is 6.80. The Bertz CT molecular complexity index is 272. The second-order valence-electron chi connectivity index (χ2n) is 2.21. The van der Waals surface area contributed by atoms with Crippen LogP contribution in [0.4, 0.5) is 4.39 Å². The molecule has 1 aromatic carbocycles. The van der Waals surface area contributed by atoms with Crippen molar-refractivity contribution in [1.29, 1.82) is 0 Å². The fraction of sp³-hybridized carbons (Fsp3) is 0.250. The molecule has 2 nitrogen and oxygen atoms in total. The van der Waals surface area contributed by atoms with E-state index in [2.05, 4.69) is 0 Å². The van der Waals surface area contributed by atoms with Crippen molar-refractivity contribution in [1.82, 2.24) is 0 Å². The Morgan fingerprint density at radius 1 is 1.46 bits per heavy atom. The summed E-state index contributed by atoms with van der Waals surface area (Å²) in [6, 6.07) is 4.81. The number of halogens is 3. The van der Waals surface area contributed by atoms with E-state index >= 15 is 0 Å². The lowest BCUT2D eigenvalue weighted by Gasteiger charge is -2.04. The van der Waals surface area contributed by atoms with Gasteiger partial charge in [0.1, 0.15) is 6.61 Å². The van der Waals surface area contributed by atoms with E-state index in [1.807, 2.05) is 22.6 Å². The van der Waals surface area contributed by atoms with Crippen molar-refractivity contribution in [3.63, 3.8) is 0 Å². The number of hydrogen-bond donors (Lipinski definition) is 1. The van der Waals surface area contributed by atoms with Crippen LogP contribution in [0, 0.1) is 9.39 Å². The van der Waals surface area contributed by atoms with Gasteiger partial charge < -0.3 is 10.5 Å². The molecule has 0 aliphatic carbocycles. The Hall–Kier alpha value is -0.0700. The maximum absolute atomic E-state index is 13.0. The van der Waals surface area contributed by atoms with Crippen molar-refractivity contribution < 1.29 is 9.13 Å². The molecule has 1 rings (SSSR count). The first-order valence-electron chi connectivity index (χ1n) is 3.52. The van der Waals surface area contributed by atoms with Gasteiger partial charge in [-0.3, -0.25) is 0 Å². The molecule has 0 spiro atoms. The van der Waals surface area contributed by atoms with Crippen LogP contribution in [0.25, 0.3) is 0 Å². The number of hydrogen-bond acceptors (Lipinski definition) is 2. The van der Waals surface area contributed by atoms with E-state index in [1.54, 1.807) is 12.1 Å². The second kappa shape index (κ2) is 6.39. The van der Waals surface area contributed by atoms with Gasteiger partial charge in [-0.1, -0.05) is 0 Å². The molecule has 0 atom stereocenters. The molecule has 0 radical (unpaired) electrons. The number of ether oxygens (including phenoxy) is 1. The summed E-state index contributed by atoms with van der Waals surface area (Å²) in [5.41, 5.74) is 5.21. The third-order valence-electron chi connectivity index (χ3n) is 1.27. The Morgan fingerprint density at radius 3 is 2.69 bits per heavy atom. The quantitative estimate of drug-likeness (QED) is 0.868. The molecule has 0 saturated heterocycles. The molecule has 13 heavy (non-hydrogen) atoms. The van der Waals surface area contributed by atoms with Crippen LogP contribution in [0.5, 0.6) is 5.75 Å². The molecule has 0 aliphatic heterocycles. The van der Waals surface area contributed by atoms with E-state index in [9.17, 15) is 4.39 Å². The van der Waals surface area contributed by atoms with Crippen LogP contribution < -0.4 is 10.5 Å². The largest absolute Gasteiger partial charge is 0.489 e. The molecule has 74 valence electrons. The van der Waals surface area contributed by atoms with Gasteiger partial charge in [0, 0.05) is 10.1 Å². The average molecular weight is 318 g/mol. The topological polar surface area (TPSA) is 35.2 Å². The van der Waals surface area contributed by atoms with E-state index in [-0.39, 0.29) is 24.0 Å². The van der Waals surface area contributed by atoms with Crippen molar-refractivity contribution in [3.05, 3.63) is 27.6 Å². The highest BCUT2D eigenvalue weighted by atomic mass is 127. The van der Waals surface area contributed by atoms with Crippen molar-refractivity contribution in [2.24, 2.45) is 5.73 Å². The third-order valence-corrected chi connectivity index (χ3v) is 1.94. The fourth-order valence-corrected chi connectivity index (χ4v) is 1.21. The van der Waals surface area contributed by atoms with Gasteiger partial charge in [0.25, 0.3) is 0 Å². The Kier molecular flexibility index (Phi) is 6.36. The Labute approximate surface area is 96.2 Å². The maximum Gasteiger partial charge on any atom is 0.166 e. The van der Waals surface area contributed by atoms with E-state index in [4.69, 9.17) is 10.5 Å². The molecule has 0 aliphatic rings.